The van der Waals surface area contributed by atoms with E-state index in [1.807, 2.05) is 30.3 Å². The normalized spacial score (nSPS) is 16.6. The zero-order valence-corrected chi connectivity index (χ0v) is 14.9. The monoisotopic (exact) mass is 307 g/mol. The van der Waals surface area contributed by atoms with Crippen molar-refractivity contribution in [3.8, 4) is 0 Å². The molecule has 0 bridgehead atoms. The topological polar surface area (TPSA) is 40.5 Å². The first-order valence-corrected chi connectivity index (χ1v) is 8.38. The average Bonchev–Trinajstić information content (AvgIpc) is 2.52. The Kier molecular flexibility index (Phi) is 11.5. The number of hydrogen-bond acceptors (Lipinski definition) is 2. The van der Waals surface area contributed by atoms with Gasteiger partial charge in [0.05, 0.1) is 5.92 Å². The number of nitrogens with zero attached hydrogens (tertiary/aromatic N) is 1. The summed E-state index contributed by atoms with van der Waals surface area (Å²) in [5.74, 6) is -0.210. The molecule has 1 atom stereocenters. The third-order valence-corrected chi connectivity index (χ3v) is 3.68. The van der Waals surface area contributed by atoms with Crippen LogP contribution in [-0.4, -0.2) is 36.1 Å². The van der Waals surface area contributed by atoms with Crippen molar-refractivity contribution in [1.29, 1.82) is 0 Å². The lowest BCUT2D eigenvalue weighted by Gasteiger charge is -2.26. The first kappa shape index (κ1) is 20.6. The van der Waals surface area contributed by atoms with Crippen molar-refractivity contribution in [2.24, 2.45) is 5.92 Å². The van der Waals surface area contributed by atoms with Gasteiger partial charge in [-0.3, -0.25) is 4.79 Å². The minimum Gasteiger partial charge on any atom is -0.481 e. The summed E-state index contributed by atoms with van der Waals surface area (Å²) in [5.41, 5.74) is 0.847. The standard InChI is InChI=1S/C9H10O2.C7H15N.C3H8/c1-7(9(10)11)8-5-3-2-4-6-8;1-7-3-5-8(2)6-4-7;1-3-2/h2-7H,1H3,(H,10,11);7H,3-6H2,1-2H3;3H2,1-2H3. The van der Waals surface area contributed by atoms with Crippen LogP contribution in [0.4, 0.5) is 0 Å². The molecule has 1 N–H and O–H groups in total. The van der Waals surface area contributed by atoms with Crippen molar-refractivity contribution >= 4 is 5.97 Å². The molecule has 1 heterocycles. The molecule has 0 saturated carbocycles. The molecule has 3 heteroatoms. The van der Waals surface area contributed by atoms with Crippen LogP contribution < -0.4 is 0 Å². The molecular formula is C19H33NO2. The van der Waals surface area contributed by atoms with E-state index in [-0.39, 0.29) is 0 Å². The Labute approximate surface area is 136 Å². The van der Waals surface area contributed by atoms with Crippen molar-refractivity contribution in [2.45, 2.75) is 52.9 Å². The SMILES string of the molecule is CC(C(=O)O)c1ccccc1.CC1CCN(C)CC1.CCC. The van der Waals surface area contributed by atoms with Gasteiger partial charge in [-0.05, 0) is 51.4 Å². The molecule has 1 aromatic rings. The average molecular weight is 307 g/mol. The third-order valence-electron chi connectivity index (χ3n) is 3.68. The molecule has 3 nitrogen and oxygen atoms in total. The van der Waals surface area contributed by atoms with Crippen LogP contribution in [0.2, 0.25) is 0 Å². The van der Waals surface area contributed by atoms with Crippen LogP contribution in [0.5, 0.6) is 0 Å². The highest BCUT2D eigenvalue weighted by molar-refractivity contribution is 5.75. The number of benzene rings is 1. The summed E-state index contributed by atoms with van der Waals surface area (Å²) in [5, 5.41) is 8.64. The number of carboxylic acid groups (broad SMARTS) is 1. The van der Waals surface area contributed by atoms with E-state index in [4.69, 9.17) is 5.11 Å². The zero-order chi connectivity index (χ0) is 17.0. The van der Waals surface area contributed by atoms with Crippen LogP contribution in [0.1, 0.15) is 58.4 Å². The first-order chi connectivity index (χ1) is 10.4. The predicted octanol–water partition coefficient (Wildman–Crippen LogP) is 4.64. The van der Waals surface area contributed by atoms with Crippen molar-refractivity contribution in [3.63, 3.8) is 0 Å². The van der Waals surface area contributed by atoms with Gasteiger partial charge in [-0.25, -0.2) is 0 Å². The van der Waals surface area contributed by atoms with Gasteiger partial charge in [-0.2, -0.15) is 0 Å². The summed E-state index contributed by atoms with van der Waals surface area (Å²) in [4.78, 5) is 12.9. The fourth-order valence-corrected chi connectivity index (χ4v) is 2.02. The maximum atomic E-state index is 10.5. The molecule has 2 rings (SSSR count). The van der Waals surface area contributed by atoms with Crippen molar-refractivity contribution in [2.75, 3.05) is 20.1 Å². The Morgan fingerprint density at radius 3 is 2.05 bits per heavy atom. The summed E-state index contributed by atoms with van der Waals surface area (Å²) >= 11 is 0. The molecule has 1 aromatic carbocycles. The predicted molar refractivity (Wildman–Crippen MR) is 94.4 cm³/mol. The summed E-state index contributed by atoms with van der Waals surface area (Å²) < 4.78 is 0. The van der Waals surface area contributed by atoms with E-state index in [0.717, 1.165) is 11.5 Å². The van der Waals surface area contributed by atoms with Crippen molar-refractivity contribution in [3.05, 3.63) is 35.9 Å². The molecule has 1 fully saturated rings. The number of carboxylic acids is 1. The van der Waals surface area contributed by atoms with Crippen LogP contribution in [0, 0.1) is 5.92 Å². The Morgan fingerprint density at radius 2 is 1.68 bits per heavy atom. The quantitative estimate of drug-likeness (QED) is 0.865. The highest BCUT2D eigenvalue weighted by Crippen LogP contribution is 2.14. The van der Waals surface area contributed by atoms with E-state index in [9.17, 15) is 4.79 Å². The van der Waals surface area contributed by atoms with E-state index < -0.39 is 11.9 Å². The molecule has 0 spiro atoms. The molecule has 1 unspecified atom stereocenters. The number of carbonyl (C=O) groups is 1. The Hall–Kier alpha value is -1.35. The minimum absolute atomic E-state index is 0.406. The highest BCUT2D eigenvalue weighted by Gasteiger charge is 2.12. The second-order valence-corrected chi connectivity index (χ2v) is 6.16. The Morgan fingerprint density at radius 1 is 1.23 bits per heavy atom. The van der Waals surface area contributed by atoms with Crippen LogP contribution in [0.15, 0.2) is 30.3 Å². The fourth-order valence-electron chi connectivity index (χ4n) is 2.02. The van der Waals surface area contributed by atoms with Crippen LogP contribution in [-0.2, 0) is 4.79 Å². The Balaban J connectivity index is 0.000000352. The van der Waals surface area contributed by atoms with E-state index >= 15 is 0 Å². The van der Waals surface area contributed by atoms with E-state index in [1.54, 1.807) is 6.92 Å². The lowest BCUT2D eigenvalue weighted by atomic mass is 10.00. The minimum atomic E-state index is -0.781. The van der Waals surface area contributed by atoms with Crippen molar-refractivity contribution < 1.29 is 9.90 Å². The summed E-state index contributed by atoms with van der Waals surface area (Å²) in [6.45, 7) is 10.9. The van der Waals surface area contributed by atoms with Crippen molar-refractivity contribution in [1.82, 2.24) is 4.90 Å². The molecule has 1 saturated heterocycles. The Bertz CT molecular complexity index is 374. The second-order valence-electron chi connectivity index (χ2n) is 6.16. The molecule has 0 aliphatic carbocycles. The first-order valence-electron chi connectivity index (χ1n) is 8.38. The molecule has 22 heavy (non-hydrogen) atoms. The molecule has 0 radical (unpaired) electrons. The summed E-state index contributed by atoms with van der Waals surface area (Å²) in [6.07, 6.45) is 4.05. The summed E-state index contributed by atoms with van der Waals surface area (Å²) in [6, 6.07) is 9.19. The number of aliphatic carboxylic acids is 1. The molecule has 0 amide bonds. The second kappa shape index (κ2) is 12.2. The van der Waals surface area contributed by atoms with Gasteiger partial charge >= 0.3 is 5.97 Å². The van der Waals surface area contributed by atoms with Gasteiger partial charge in [0, 0.05) is 0 Å². The number of hydrogen-bond donors (Lipinski definition) is 1. The van der Waals surface area contributed by atoms with Gasteiger partial charge < -0.3 is 10.0 Å². The van der Waals surface area contributed by atoms with Gasteiger partial charge in [0.15, 0.2) is 0 Å². The van der Waals surface area contributed by atoms with Gasteiger partial charge in [0.1, 0.15) is 0 Å². The molecule has 126 valence electrons. The van der Waals surface area contributed by atoms with E-state index in [1.165, 1.54) is 32.4 Å². The maximum Gasteiger partial charge on any atom is 0.310 e. The summed E-state index contributed by atoms with van der Waals surface area (Å²) in [7, 11) is 2.20. The molecular weight excluding hydrogens is 274 g/mol. The molecule has 1 aliphatic rings. The maximum absolute atomic E-state index is 10.5. The number of piperidine rings is 1. The lowest BCUT2D eigenvalue weighted by Crippen LogP contribution is -2.28. The van der Waals surface area contributed by atoms with Gasteiger partial charge in [0.25, 0.3) is 0 Å². The molecule has 1 aliphatic heterocycles. The molecule has 0 aromatic heterocycles. The lowest BCUT2D eigenvalue weighted by molar-refractivity contribution is -0.138. The smallest absolute Gasteiger partial charge is 0.310 e. The van der Waals surface area contributed by atoms with Crippen LogP contribution in [0.3, 0.4) is 0 Å². The van der Waals surface area contributed by atoms with E-state index in [0.29, 0.717) is 0 Å². The number of likely N-dealkylation sites (tertiary alicyclic amines) is 1. The van der Waals surface area contributed by atoms with Crippen LogP contribution in [0.25, 0.3) is 0 Å². The zero-order valence-electron chi connectivity index (χ0n) is 14.9. The van der Waals surface area contributed by atoms with Gasteiger partial charge in [0.2, 0.25) is 0 Å². The van der Waals surface area contributed by atoms with Gasteiger partial charge in [-0.15, -0.1) is 0 Å². The van der Waals surface area contributed by atoms with Gasteiger partial charge in [-0.1, -0.05) is 57.5 Å². The fraction of sp³-hybridized carbons (Fsp3) is 0.632. The highest BCUT2D eigenvalue weighted by atomic mass is 16.4. The van der Waals surface area contributed by atoms with Crippen LogP contribution >= 0.6 is 0 Å². The third kappa shape index (κ3) is 9.56. The van der Waals surface area contributed by atoms with E-state index in [2.05, 4.69) is 32.7 Å². The number of rotatable bonds is 2. The largest absolute Gasteiger partial charge is 0.481 e.